The van der Waals surface area contributed by atoms with Crippen LogP contribution in [0.15, 0.2) is 52.5 Å². The number of hydrogen-bond acceptors (Lipinski definition) is 4. The third kappa shape index (κ3) is 2.46. The molecule has 5 heteroatoms. The van der Waals surface area contributed by atoms with Crippen molar-refractivity contribution in [3.63, 3.8) is 0 Å². The number of hydrogen-bond donors (Lipinski definition) is 0. The summed E-state index contributed by atoms with van der Waals surface area (Å²) in [7, 11) is 0. The lowest BCUT2D eigenvalue weighted by atomic mass is 10.2. The highest BCUT2D eigenvalue weighted by atomic mass is 32.1. The second kappa shape index (κ2) is 4.78. The van der Waals surface area contributed by atoms with Gasteiger partial charge < -0.3 is 4.74 Å². The topological polar surface area (TPSA) is 38.7 Å². The van der Waals surface area contributed by atoms with Crippen LogP contribution in [-0.2, 0) is 9.53 Å². The fourth-order valence-corrected chi connectivity index (χ4v) is 2.28. The van der Waals surface area contributed by atoms with Gasteiger partial charge >= 0.3 is 5.97 Å². The first-order chi connectivity index (χ1) is 9.22. The smallest absolute Gasteiger partial charge is 0.363 e. The van der Waals surface area contributed by atoms with Crippen molar-refractivity contribution in [1.82, 2.24) is 0 Å². The Balaban J connectivity index is 1.92. The Morgan fingerprint density at radius 3 is 2.68 bits per heavy atom. The van der Waals surface area contributed by atoms with Crippen molar-refractivity contribution in [2.45, 2.75) is 0 Å². The molecule has 0 saturated heterocycles. The Morgan fingerprint density at radius 2 is 2.00 bits per heavy atom. The van der Waals surface area contributed by atoms with Gasteiger partial charge in [0.1, 0.15) is 5.82 Å². The first-order valence-electron chi connectivity index (χ1n) is 5.54. The normalized spacial score (nSPS) is 16.6. The van der Waals surface area contributed by atoms with Gasteiger partial charge in [-0.3, -0.25) is 0 Å². The molecule has 0 saturated carbocycles. The number of carbonyl (C=O) groups is 1. The molecule has 19 heavy (non-hydrogen) atoms. The summed E-state index contributed by atoms with van der Waals surface area (Å²) in [6, 6.07) is 9.51. The molecule has 1 aliphatic rings. The number of carbonyl (C=O) groups excluding carboxylic acids is 1. The van der Waals surface area contributed by atoms with Gasteiger partial charge in [-0.2, -0.15) is 0 Å². The zero-order valence-corrected chi connectivity index (χ0v) is 10.5. The molecule has 1 aromatic heterocycles. The summed E-state index contributed by atoms with van der Waals surface area (Å²) in [5.74, 6) is -0.500. The highest BCUT2D eigenvalue weighted by Crippen LogP contribution is 2.21. The van der Waals surface area contributed by atoms with Crippen molar-refractivity contribution in [3.8, 4) is 0 Å². The van der Waals surface area contributed by atoms with Crippen molar-refractivity contribution in [1.29, 1.82) is 0 Å². The summed E-state index contributed by atoms with van der Waals surface area (Å²) in [4.78, 5) is 16.6. The quantitative estimate of drug-likeness (QED) is 0.622. The molecule has 0 fully saturated rings. The van der Waals surface area contributed by atoms with Crippen LogP contribution in [0.5, 0.6) is 0 Å². The summed E-state index contributed by atoms with van der Waals surface area (Å²) in [5.41, 5.74) is 0.916. The lowest BCUT2D eigenvalue weighted by Gasteiger charge is -1.94. The monoisotopic (exact) mass is 273 g/mol. The SMILES string of the molecule is O=C1OC(c2cccs2)=N/C1=C/c1ccc(F)cc1. The number of rotatable bonds is 2. The predicted octanol–water partition coefficient (Wildman–Crippen LogP) is 3.23. The molecule has 0 N–H and O–H groups in total. The number of benzene rings is 1. The van der Waals surface area contributed by atoms with Crippen molar-refractivity contribution in [2.75, 3.05) is 0 Å². The fraction of sp³-hybridized carbons (Fsp3) is 0. The van der Waals surface area contributed by atoms with Crippen LogP contribution in [0.4, 0.5) is 4.39 Å². The highest BCUT2D eigenvalue weighted by molar-refractivity contribution is 7.12. The Kier molecular flexibility index (Phi) is 2.97. The maximum absolute atomic E-state index is 12.8. The Hall–Kier alpha value is -2.27. The highest BCUT2D eigenvalue weighted by Gasteiger charge is 2.24. The molecule has 3 nitrogen and oxygen atoms in total. The van der Waals surface area contributed by atoms with Gasteiger partial charge in [0.25, 0.3) is 0 Å². The number of aliphatic imine (C=N–C) groups is 1. The van der Waals surface area contributed by atoms with Gasteiger partial charge in [0.05, 0.1) is 4.88 Å². The second-order valence-corrected chi connectivity index (χ2v) is 4.81. The van der Waals surface area contributed by atoms with Gasteiger partial charge in [0.2, 0.25) is 5.90 Å². The molecule has 94 valence electrons. The van der Waals surface area contributed by atoms with Crippen LogP contribution in [0, 0.1) is 5.82 Å². The third-order valence-corrected chi connectivity index (χ3v) is 3.38. The van der Waals surface area contributed by atoms with E-state index in [0.717, 1.165) is 4.88 Å². The lowest BCUT2D eigenvalue weighted by Crippen LogP contribution is -2.03. The molecule has 1 aliphatic heterocycles. The minimum Gasteiger partial charge on any atom is -0.401 e. The Bertz CT molecular complexity index is 672. The summed E-state index contributed by atoms with van der Waals surface area (Å²) in [5, 5.41) is 1.88. The van der Waals surface area contributed by atoms with E-state index in [1.165, 1.54) is 23.5 Å². The Labute approximate surface area is 112 Å². The summed E-state index contributed by atoms with van der Waals surface area (Å²) >= 11 is 1.45. The van der Waals surface area contributed by atoms with E-state index in [9.17, 15) is 9.18 Å². The summed E-state index contributed by atoms with van der Waals surface area (Å²) in [6.07, 6.45) is 1.57. The van der Waals surface area contributed by atoms with Crippen LogP contribution < -0.4 is 0 Å². The molecule has 0 bridgehead atoms. The van der Waals surface area contributed by atoms with Gasteiger partial charge in [-0.15, -0.1) is 11.3 Å². The summed E-state index contributed by atoms with van der Waals surface area (Å²) in [6.45, 7) is 0. The van der Waals surface area contributed by atoms with E-state index in [-0.39, 0.29) is 11.5 Å². The number of nitrogens with zero attached hydrogens (tertiary/aromatic N) is 1. The minimum atomic E-state index is -0.493. The van der Waals surface area contributed by atoms with Crippen LogP contribution in [0.2, 0.25) is 0 Å². The molecule has 3 rings (SSSR count). The average Bonchev–Trinajstić information content (AvgIpc) is 3.03. The van der Waals surface area contributed by atoms with Crippen molar-refractivity contribution in [2.24, 2.45) is 4.99 Å². The standard InChI is InChI=1S/C14H8FNO2S/c15-10-5-3-9(4-6-10)8-11-14(17)18-13(16-11)12-2-1-7-19-12/h1-8H/b11-8+. The third-order valence-electron chi connectivity index (χ3n) is 2.53. The predicted molar refractivity (Wildman–Crippen MR) is 71.3 cm³/mol. The van der Waals surface area contributed by atoms with E-state index < -0.39 is 5.97 Å². The molecule has 0 spiro atoms. The molecule has 0 radical (unpaired) electrons. The molecular formula is C14H8FNO2S. The number of esters is 1. The number of ether oxygens (including phenoxy) is 1. The number of thiophene rings is 1. The first-order valence-corrected chi connectivity index (χ1v) is 6.42. The lowest BCUT2D eigenvalue weighted by molar-refractivity contribution is -0.129. The Morgan fingerprint density at radius 1 is 1.21 bits per heavy atom. The number of cyclic esters (lactones) is 1. The zero-order valence-electron chi connectivity index (χ0n) is 9.67. The van der Waals surface area contributed by atoms with Crippen molar-refractivity contribution < 1.29 is 13.9 Å². The van der Waals surface area contributed by atoms with Gasteiger partial charge in [0.15, 0.2) is 5.70 Å². The maximum Gasteiger partial charge on any atom is 0.363 e. The average molecular weight is 273 g/mol. The van der Waals surface area contributed by atoms with Crippen LogP contribution in [-0.4, -0.2) is 11.9 Å². The molecular weight excluding hydrogens is 265 g/mol. The largest absolute Gasteiger partial charge is 0.401 e. The van der Waals surface area contributed by atoms with E-state index in [1.54, 1.807) is 18.2 Å². The van der Waals surface area contributed by atoms with Crippen molar-refractivity contribution in [3.05, 3.63) is 63.7 Å². The fourth-order valence-electron chi connectivity index (χ4n) is 1.63. The van der Waals surface area contributed by atoms with Gasteiger partial charge in [0, 0.05) is 0 Å². The first kappa shape index (κ1) is 11.8. The molecule has 0 amide bonds. The zero-order chi connectivity index (χ0) is 13.2. The van der Waals surface area contributed by atoms with Crippen LogP contribution in [0.3, 0.4) is 0 Å². The molecule has 2 aromatic rings. The van der Waals surface area contributed by atoms with E-state index in [1.807, 2.05) is 17.5 Å². The van der Waals surface area contributed by atoms with Gasteiger partial charge in [-0.25, -0.2) is 14.2 Å². The van der Waals surface area contributed by atoms with Crippen molar-refractivity contribution >= 4 is 29.3 Å². The molecule has 0 unspecified atom stereocenters. The maximum atomic E-state index is 12.8. The van der Waals surface area contributed by atoms with Crippen LogP contribution >= 0.6 is 11.3 Å². The van der Waals surface area contributed by atoms with E-state index in [2.05, 4.69) is 4.99 Å². The second-order valence-electron chi connectivity index (χ2n) is 3.86. The summed E-state index contributed by atoms with van der Waals surface area (Å²) < 4.78 is 17.9. The van der Waals surface area contributed by atoms with Crippen LogP contribution in [0.25, 0.3) is 6.08 Å². The van der Waals surface area contributed by atoms with E-state index in [0.29, 0.717) is 11.5 Å². The molecule has 0 atom stereocenters. The van der Waals surface area contributed by atoms with Gasteiger partial charge in [-0.1, -0.05) is 18.2 Å². The molecule has 0 aliphatic carbocycles. The van der Waals surface area contributed by atoms with E-state index >= 15 is 0 Å². The minimum absolute atomic E-state index is 0.218. The molecule has 1 aromatic carbocycles. The van der Waals surface area contributed by atoms with Crippen LogP contribution in [0.1, 0.15) is 10.4 Å². The number of halogens is 1. The van der Waals surface area contributed by atoms with Gasteiger partial charge in [-0.05, 0) is 35.2 Å². The molecule has 2 heterocycles. The van der Waals surface area contributed by atoms with E-state index in [4.69, 9.17) is 4.74 Å².